The molecule has 0 saturated heterocycles. The van der Waals surface area contributed by atoms with Crippen molar-refractivity contribution in [1.82, 2.24) is 4.90 Å². The molecule has 7 heteroatoms. The van der Waals surface area contributed by atoms with Crippen molar-refractivity contribution in [2.75, 3.05) is 13.2 Å². The lowest BCUT2D eigenvalue weighted by Gasteiger charge is -2.30. The van der Waals surface area contributed by atoms with Crippen LogP contribution in [0.2, 0.25) is 5.02 Å². The van der Waals surface area contributed by atoms with Gasteiger partial charge in [0.1, 0.15) is 11.5 Å². The maximum absolute atomic E-state index is 13.2. The second kappa shape index (κ2) is 12.3. The normalized spacial score (nSPS) is 13.4. The minimum Gasteiger partial charge on any atom is -0.463 e. The molecule has 0 bridgehead atoms. The molecule has 0 aromatic heterocycles. The topological polar surface area (TPSA) is 65.1 Å². The molecular weight excluding hydrogens is 490 g/mol. The van der Waals surface area contributed by atoms with E-state index in [2.05, 4.69) is 0 Å². The van der Waals surface area contributed by atoms with Gasteiger partial charge < -0.3 is 19.1 Å². The van der Waals surface area contributed by atoms with E-state index in [0.717, 1.165) is 5.56 Å². The Morgan fingerprint density at radius 3 is 1.97 bits per heavy atom. The minimum absolute atomic E-state index is 0.204. The van der Waals surface area contributed by atoms with Crippen molar-refractivity contribution in [2.24, 2.45) is 0 Å². The second-order valence-electron chi connectivity index (χ2n) is 8.33. The lowest BCUT2D eigenvalue weighted by atomic mass is 9.83. The molecule has 4 rings (SSSR count). The molecule has 1 aliphatic heterocycles. The summed E-state index contributed by atoms with van der Waals surface area (Å²) >= 11 is 6.03. The van der Waals surface area contributed by atoms with E-state index in [4.69, 9.17) is 25.8 Å². The molecule has 6 nitrogen and oxygen atoms in total. The van der Waals surface area contributed by atoms with E-state index in [1.54, 1.807) is 43.3 Å². The van der Waals surface area contributed by atoms with Crippen LogP contribution >= 0.6 is 11.6 Å². The molecule has 1 aliphatic rings. The first kappa shape index (κ1) is 26.0. The summed E-state index contributed by atoms with van der Waals surface area (Å²) in [5, 5.41) is 0.630. The van der Waals surface area contributed by atoms with Crippen LogP contribution in [0.3, 0.4) is 0 Å². The van der Waals surface area contributed by atoms with Gasteiger partial charge in [-0.1, -0.05) is 54.1 Å². The third kappa shape index (κ3) is 6.60. The second-order valence-corrected chi connectivity index (χ2v) is 8.77. The van der Waals surface area contributed by atoms with Crippen molar-refractivity contribution in [1.29, 1.82) is 0 Å². The molecule has 0 radical (unpaired) electrons. The summed E-state index contributed by atoms with van der Waals surface area (Å²) in [6.45, 7) is 4.33. The minimum atomic E-state index is -0.695. The smallest absolute Gasteiger partial charge is 0.336 e. The van der Waals surface area contributed by atoms with Crippen molar-refractivity contribution < 1.29 is 23.8 Å². The van der Waals surface area contributed by atoms with Gasteiger partial charge in [-0.25, -0.2) is 9.59 Å². The number of esters is 2. The molecule has 0 N–H and O–H groups in total. The number of carbonyl (C=O) groups excluding carboxylic acids is 2. The van der Waals surface area contributed by atoms with Gasteiger partial charge in [0.15, 0.2) is 0 Å². The zero-order valence-corrected chi connectivity index (χ0v) is 21.5. The third-order valence-electron chi connectivity index (χ3n) is 5.70. The number of halogens is 1. The standard InChI is InChI=1S/C30H28ClNO5/c1-3-35-29(33)26-19-32(18-21-13-15-23(31)16-14-21)20-27(30(34)36-4-2)28(26)22-9-8-12-25(17-22)37-24-10-6-5-7-11-24/h5-17,19-20,28H,3-4,18H2,1-2H3. The number of hydrogen-bond acceptors (Lipinski definition) is 6. The van der Waals surface area contributed by atoms with E-state index in [0.29, 0.717) is 39.8 Å². The zero-order valence-electron chi connectivity index (χ0n) is 20.7. The molecule has 3 aromatic carbocycles. The van der Waals surface area contributed by atoms with Crippen molar-refractivity contribution in [3.8, 4) is 11.5 Å². The van der Waals surface area contributed by atoms with Gasteiger partial charge in [-0.05, 0) is 61.4 Å². The number of benzene rings is 3. The summed E-state index contributed by atoms with van der Waals surface area (Å²) in [6, 6.07) is 24.1. The Kier molecular flexibility index (Phi) is 8.64. The van der Waals surface area contributed by atoms with E-state index in [1.807, 2.05) is 66.7 Å². The fraction of sp³-hybridized carbons (Fsp3) is 0.200. The first-order valence-corrected chi connectivity index (χ1v) is 12.5. The summed E-state index contributed by atoms with van der Waals surface area (Å²) in [6.07, 6.45) is 3.45. The Labute approximate surface area is 221 Å². The van der Waals surface area contributed by atoms with Crippen LogP contribution in [0.4, 0.5) is 0 Å². The van der Waals surface area contributed by atoms with Gasteiger partial charge in [-0.2, -0.15) is 0 Å². The van der Waals surface area contributed by atoms with Gasteiger partial charge in [0, 0.05) is 24.0 Å². The predicted octanol–water partition coefficient (Wildman–Crippen LogP) is 6.63. The number of ether oxygens (including phenoxy) is 3. The highest BCUT2D eigenvalue weighted by atomic mass is 35.5. The van der Waals surface area contributed by atoms with Crippen LogP contribution in [0.25, 0.3) is 0 Å². The van der Waals surface area contributed by atoms with Crippen LogP contribution < -0.4 is 4.74 Å². The van der Waals surface area contributed by atoms with Crippen molar-refractivity contribution in [2.45, 2.75) is 26.3 Å². The summed E-state index contributed by atoms with van der Waals surface area (Å²) in [7, 11) is 0. The van der Waals surface area contributed by atoms with Gasteiger partial charge in [-0.3, -0.25) is 0 Å². The van der Waals surface area contributed by atoms with E-state index in [9.17, 15) is 9.59 Å². The molecule has 0 aliphatic carbocycles. The fourth-order valence-electron chi connectivity index (χ4n) is 4.11. The lowest BCUT2D eigenvalue weighted by molar-refractivity contribution is -0.139. The molecule has 0 unspecified atom stereocenters. The lowest BCUT2D eigenvalue weighted by Crippen LogP contribution is -2.29. The number of carbonyl (C=O) groups is 2. The highest BCUT2D eigenvalue weighted by Crippen LogP contribution is 2.39. The summed E-state index contributed by atoms with van der Waals surface area (Å²) in [5.74, 6) is -0.437. The van der Waals surface area contributed by atoms with Crippen LogP contribution in [0.5, 0.6) is 11.5 Å². The van der Waals surface area contributed by atoms with Gasteiger partial charge >= 0.3 is 11.9 Å². The first-order chi connectivity index (χ1) is 18.0. The summed E-state index contributed by atoms with van der Waals surface area (Å²) in [4.78, 5) is 28.2. The molecule has 0 fully saturated rings. The fourth-order valence-corrected chi connectivity index (χ4v) is 4.24. The van der Waals surface area contributed by atoms with Gasteiger partial charge in [0.05, 0.1) is 30.3 Å². The molecule has 37 heavy (non-hydrogen) atoms. The van der Waals surface area contributed by atoms with E-state index in [-0.39, 0.29) is 13.2 Å². The molecule has 0 spiro atoms. The maximum atomic E-state index is 13.2. The average Bonchev–Trinajstić information content (AvgIpc) is 2.90. The van der Waals surface area contributed by atoms with Gasteiger partial charge in [0.25, 0.3) is 0 Å². The molecule has 0 saturated carbocycles. The highest BCUT2D eigenvalue weighted by Gasteiger charge is 2.35. The SMILES string of the molecule is CCOC(=O)C1=CN(Cc2ccc(Cl)cc2)C=C(C(=O)OCC)C1c1cccc(Oc2ccccc2)c1. The van der Waals surface area contributed by atoms with Gasteiger partial charge in [-0.15, -0.1) is 0 Å². The van der Waals surface area contributed by atoms with Crippen LogP contribution in [0, 0.1) is 0 Å². The van der Waals surface area contributed by atoms with E-state index >= 15 is 0 Å². The van der Waals surface area contributed by atoms with E-state index in [1.165, 1.54) is 0 Å². The van der Waals surface area contributed by atoms with Crippen LogP contribution in [-0.4, -0.2) is 30.1 Å². The monoisotopic (exact) mass is 517 g/mol. The quantitative estimate of drug-likeness (QED) is 0.297. The van der Waals surface area contributed by atoms with Crippen molar-refractivity contribution in [3.05, 3.63) is 119 Å². The number of rotatable bonds is 9. The third-order valence-corrected chi connectivity index (χ3v) is 5.95. The first-order valence-electron chi connectivity index (χ1n) is 12.1. The van der Waals surface area contributed by atoms with Crippen LogP contribution in [0.15, 0.2) is 102 Å². The molecule has 0 amide bonds. The molecular formula is C30H28ClNO5. The molecule has 0 atom stereocenters. The number of para-hydroxylation sites is 1. The Morgan fingerprint density at radius 2 is 1.38 bits per heavy atom. The number of nitrogens with zero attached hydrogens (tertiary/aromatic N) is 1. The Balaban J connectivity index is 1.75. The molecule has 3 aromatic rings. The van der Waals surface area contributed by atoms with Crippen LogP contribution in [0.1, 0.15) is 30.9 Å². The van der Waals surface area contributed by atoms with Crippen molar-refractivity contribution >= 4 is 23.5 Å². The molecule has 190 valence electrons. The average molecular weight is 518 g/mol. The Morgan fingerprint density at radius 1 is 0.784 bits per heavy atom. The largest absolute Gasteiger partial charge is 0.463 e. The van der Waals surface area contributed by atoms with Gasteiger partial charge in [0.2, 0.25) is 0 Å². The van der Waals surface area contributed by atoms with E-state index < -0.39 is 17.9 Å². The maximum Gasteiger partial charge on any atom is 0.336 e. The highest BCUT2D eigenvalue weighted by molar-refractivity contribution is 6.30. The zero-order chi connectivity index (χ0) is 26.2. The van der Waals surface area contributed by atoms with Crippen molar-refractivity contribution in [3.63, 3.8) is 0 Å². The Hall–Kier alpha value is -4.03. The summed E-state index contributed by atoms with van der Waals surface area (Å²) in [5.41, 5.74) is 2.33. The summed E-state index contributed by atoms with van der Waals surface area (Å²) < 4.78 is 16.8. The molecule has 1 heterocycles. The predicted molar refractivity (Wildman–Crippen MR) is 142 cm³/mol. The Bertz CT molecular complexity index is 1270. The van der Waals surface area contributed by atoms with Crippen LogP contribution in [-0.2, 0) is 25.6 Å². The number of hydrogen-bond donors (Lipinski definition) is 0.